The number of rotatable bonds is 6. The fourth-order valence-corrected chi connectivity index (χ4v) is 1.98. The lowest BCUT2D eigenvalue weighted by Crippen LogP contribution is -2.39. The molecule has 0 saturated heterocycles. The lowest BCUT2D eigenvalue weighted by Gasteiger charge is -2.21. The first-order valence-corrected chi connectivity index (χ1v) is 7.03. The molecule has 1 N–H and O–H groups in total. The van der Waals surface area contributed by atoms with Crippen LogP contribution in [0.4, 0.5) is 0 Å². The normalized spacial score (nSPS) is 14.8. The summed E-state index contributed by atoms with van der Waals surface area (Å²) in [5.74, 6) is 2.82. The fourth-order valence-electron chi connectivity index (χ4n) is 1.98. The zero-order valence-electron chi connectivity index (χ0n) is 12.5. The molecule has 0 spiro atoms. The largest absolute Gasteiger partial charge is 0.357 e. The number of aliphatic imine (C=N–C) groups is 1. The molecule has 114 valence electrons. The second-order valence-corrected chi connectivity index (χ2v) is 5.12. The molecule has 0 amide bonds. The Balaban J connectivity index is 0.00000200. The molecule has 1 aliphatic carbocycles. The zero-order chi connectivity index (χ0) is 13.7. The lowest BCUT2D eigenvalue weighted by atomic mass is 10.3. The smallest absolute Gasteiger partial charge is 0.194 e. The first kappa shape index (κ1) is 17.2. The Morgan fingerprint density at radius 2 is 2.30 bits per heavy atom. The van der Waals surface area contributed by atoms with Crippen LogP contribution in [-0.4, -0.2) is 45.8 Å². The monoisotopic (exact) mass is 392 g/mol. The summed E-state index contributed by atoms with van der Waals surface area (Å²) >= 11 is 0. The topological polar surface area (TPSA) is 58.3 Å². The molecule has 0 aromatic carbocycles. The van der Waals surface area contributed by atoms with Gasteiger partial charge in [-0.3, -0.25) is 9.67 Å². The molecule has 1 fully saturated rings. The lowest BCUT2D eigenvalue weighted by molar-refractivity contribution is 0.448. The van der Waals surface area contributed by atoms with Gasteiger partial charge in [-0.2, -0.15) is 5.10 Å². The average molecular weight is 392 g/mol. The average Bonchev–Trinajstić information content (AvgIpc) is 3.13. The quantitative estimate of drug-likeness (QED) is 0.454. The Hall–Kier alpha value is -0.860. The molecular formula is C13H25IN6. The first-order valence-electron chi connectivity index (χ1n) is 7.03. The number of aromatic nitrogens is 3. The summed E-state index contributed by atoms with van der Waals surface area (Å²) in [5.41, 5.74) is 0. The van der Waals surface area contributed by atoms with Gasteiger partial charge in [0, 0.05) is 27.2 Å². The summed E-state index contributed by atoms with van der Waals surface area (Å²) in [6, 6.07) is 0. The van der Waals surface area contributed by atoms with Gasteiger partial charge in [0.1, 0.15) is 12.2 Å². The standard InChI is InChI=1S/C13H24N6.HI/c1-4-14-13(15-8-7-11-5-6-11)18(2)9-12-16-10-17-19(12)3;/h10-11H,4-9H2,1-3H3,(H,14,15);1H. The third-order valence-corrected chi connectivity index (χ3v) is 3.38. The molecule has 2 rings (SSSR count). The van der Waals surface area contributed by atoms with Gasteiger partial charge in [0.25, 0.3) is 0 Å². The minimum atomic E-state index is 0. The summed E-state index contributed by atoms with van der Waals surface area (Å²) < 4.78 is 1.80. The summed E-state index contributed by atoms with van der Waals surface area (Å²) in [4.78, 5) is 11.0. The minimum absolute atomic E-state index is 0. The van der Waals surface area contributed by atoms with Crippen molar-refractivity contribution in [1.82, 2.24) is 25.0 Å². The number of guanidine groups is 1. The highest BCUT2D eigenvalue weighted by atomic mass is 127. The van der Waals surface area contributed by atoms with Crippen LogP contribution in [0, 0.1) is 5.92 Å². The van der Waals surface area contributed by atoms with Crippen molar-refractivity contribution < 1.29 is 0 Å². The van der Waals surface area contributed by atoms with Crippen molar-refractivity contribution in [3.05, 3.63) is 12.2 Å². The van der Waals surface area contributed by atoms with E-state index < -0.39 is 0 Å². The van der Waals surface area contributed by atoms with Crippen molar-refractivity contribution in [2.45, 2.75) is 32.7 Å². The molecule has 6 nitrogen and oxygen atoms in total. The predicted molar refractivity (Wildman–Crippen MR) is 91.2 cm³/mol. The van der Waals surface area contributed by atoms with Crippen molar-refractivity contribution >= 4 is 29.9 Å². The second-order valence-electron chi connectivity index (χ2n) is 5.12. The SMILES string of the molecule is CCNC(=NCCC1CC1)N(C)Cc1ncnn1C.I. The van der Waals surface area contributed by atoms with Crippen LogP contribution < -0.4 is 5.32 Å². The highest BCUT2D eigenvalue weighted by Crippen LogP contribution is 2.32. The molecule has 0 unspecified atom stereocenters. The summed E-state index contributed by atoms with van der Waals surface area (Å²) in [7, 11) is 3.95. The molecule has 20 heavy (non-hydrogen) atoms. The molecular weight excluding hydrogens is 367 g/mol. The molecule has 0 atom stereocenters. The molecule has 0 aliphatic heterocycles. The third kappa shape index (κ3) is 5.26. The van der Waals surface area contributed by atoms with E-state index in [4.69, 9.17) is 0 Å². The van der Waals surface area contributed by atoms with Crippen molar-refractivity contribution in [3.63, 3.8) is 0 Å². The van der Waals surface area contributed by atoms with E-state index in [0.29, 0.717) is 6.54 Å². The van der Waals surface area contributed by atoms with Crippen LogP contribution in [0.1, 0.15) is 32.0 Å². The van der Waals surface area contributed by atoms with Crippen molar-refractivity contribution in [2.24, 2.45) is 18.0 Å². The summed E-state index contributed by atoms with van der Waals surface area (Å²) in [6.07, 6.45) is 5.58. The molecule has 1 heterocycles. The summed E-state index contributed by atoms with van der Waals surface area (Å²) in [5, 5.41) is 7.41. The van der Waals surface area contributed by atoms with Crippen LogP contribution in [0.25, 0.3) is 0 Å². The third-order valence-electron chi connectivity index (χ3n) is 3.38. The van der Waals surface area contributed by atoms with Crippen LogP contribution in [0.15, 0.2) is 11.3 Å². The van der Waals surface area contributed by atoms with E-state index in [1.54, 1.807) is 11.0 Å². The van der Waals surface area contributed by atoms with Crippen molar-refractivity contribution in [2.75, 3.05) is 20.1 Å². The van der Waals surface area contributed by atoms with Gasteiger partial charge in [-0.15, -0.1) is 24.0 Å². The molecule has 0 bridgehead atoms. The molecule has 7 heteroatoms. The Kier molecular flexibility index (Phi) is 7.25. The maximum Gasteiger partial charge on any atom is 0.194 e. The molecule has 1 aliphatic rings. The molecule has 1 saturated carbocycles. The van der Waals surface area contributed by atoms with Crippen molar-refractivity contribution in [1.29, 1.82) is 0 Å². The van der Waals surface area contributed by atoms with Crippen LogP contribution in [0.2, 0.25) is 0 Å². The van der Waals surface area contributed by atoms with E-state index in [-0.39, 0.29) is 24.0 Å². The van der Waals surface area contributed by atoms with E-state index in [2.05, 4.69) is 32.2 Å². The van der Waals surface area contributed by atoms with E-state index in [0.717, 1.165) is 30.8 Å². The number of hydrogen-bond acceptors (Lipinski definition) is 3. The Morgan fingerprint density at radius 1 is 1.55 bits per heavy atom. The van der Waals surface area contributed by atoms with Crippen molar-refractivity contribution in [3.8, 4) is 0 Å². The van der Waals surface area contributed by atoms with E-state index in [1.165, 1.54) is 19.3 Å². The van der Waals surface area contributed by atoms with Crippen LogP contribution >= 0.6 is 24.0 Å². The fraction of sp³-hybridized carbons (Fsp3) is 0.769. The maximum absolute atomic E-state index is 4.68. The zero-order valence-corrected chi connectivity index (χ0v) is 14.9. The summed E-state index contributed by atoms with van der Waals surface area (Å²) in [6.45, 7) is 4.60. The number of nitrogens with zero attached hydrogens (tertiary/aromatic N) is 5. The van der Waals surface area contributed by atoms with E-state index in [1.807, 2.05) is 14.1 Å². The number of hydrogen-bond donors (Lipinski definition) is 1. The van der Waals surface area contributed by atoms with Gasteiger partial charge < -0.3 is 10.2 Å². The Labute approximate surface area is 138 Å². The van der Waals surface area contributed by atoms with E-state index in [9.17, 15) is 0 Å². The molecule has 1 aromatic rings. The van der Waals surface area contributed by atoms with Crippen LogP contribution in [-0.2, 0) is 13.6 Å². The van der Waals surface area contributed by atoms with Gasteiger partial charge in [0.2, 0.25) is 0 Å². The molecule has 1 aromatic heterocycles. The number of aryl methyl sites for hydroxylation is 1. The maximum atomic E-state index is 4.68. The predicted octanol–water partition coefficient (Wildman–Crippen LogP) is 1.63. The number of nitrogens with one attached hydrogen (secondary N) is 1. The highest BCUT2D eigenvalue weighted by Gasteiger charge is 2.20. The van der Waals surface area contributed by atoms with Gasteiger partial charge >= 0.3 is 0 Å². The van der Waals surface area contributed by atoms with Gasteiger partial charge in [0.05, 0.1) is 6.54 Å². The van der Waals surface area contributed by atoms with Gasteiger partial charge in [-0.1, -0.05) is 12.8 Å². The molecule has 0 radical (unpaired) electrons. The van der Waals surface area contributed by atoms with E-state index >= 15 is 0 Å². The van der Waals surface area contributed by atoms with Gasteiger partial charge in [0.15, 0.2) is 5.96 Å². The number of halogens is 1. The van der Waals surface area contributed by atoms with Crippen LogP contribution in [0.3, 0.4) is 0 Å². The van der Waals surface area contributed by atoms with Gasteiger partial charge in [-0.05, 0) is 19.3 Å². The van der Waals surface area contributed by atoms with Gasteiger partial charge in [-0.25, -0.2) is 4.98 Å². The highest BCUT2D eigenvalue weighted by molar-refractivity contribution is 14.0. The minimum Gasteiger partial charge on any atom is -0.357 e. The second kappa shape index (κ2) is 8.43. The van der Waals surface area contributed by atoms with Crippen LogP contribution in [0.5, 0.6) is 0 Å². The Bertz CT molecular complexity index is 426. The Morgan fingerprint density at radius 3 is 2.85 bits per heavy atom. The first-order chi connectivity index (χ1) is 9.20.